The van der Waals surface area contributed by atoms with Crippen molar-refractivity contribution in [3.63, 3.8) is 0 Å². The molecule has 0 aliphatic carbocycles. The van der Waals surface area contributed by atoms with Crippen LogP contribution >= 0.6 is 0 Å². The Hall–Kier alpha value is -2.15. The molecule has 0 amide bonds. The van der Waals surface area contributed by atoms with Gasteiger partial charge in [0.25, 0.3) is 5.69 Å². The molecule has 2 aliphatic rings. The fourth-order valence-corrected chi connectivity index (χ4v) is 4.17. The van der Waals surface area contributed by atoms with Crippen LogP contribution in [0.3, 0.4) is 0 Å². The van der Waals surface area contributed by atoms with E-state index in [1.165, 1.54) is 0 Å². The number of piperazine rings is 1. The molecule has 0 radical (unpaired) electrons. The fourth-order valence-electron chi connectivity index (χ4n) is 4.17. The first-order chi connectivity index (χ1) is 14.0. The van der Waals surface area contributed by atoms with Crippen LogP contribution in [0.15, 0.2) is 24.3 Å². The SMILES string of the molecule is CC.CCC1(CC)CC(CCN2CCN(c3ccc([N+](=O)[O-])cc3)CC2)OC1=O. The van der Waals surface area contributed by atoms with E-state index < -0.39 is 0 Å². The topological polar surface area (TPSA) is 75.9 Å². The van der Waals surface area contributed by atoms with Crippen molar-refractivity contribution in [2.75, 3.05) is 37.6 Å². The van der Waals surface area contributed by atoms with Crippen LogP contribution in [0.1, 0.15) is 53.4 Å². The van der Waals surface area contributed by atoms with Crippen LogP contribution in [0.5, 0.6) is 0 Å². The number of hydrogen-bond acceptors (Lipinski definition) is 6. The highest BCUT2D eigenvalue weighted by Crippen LogP contribution is 2.41. The van der Waals surface area contributed by atoms with Crippen molar-refractivity contribution in [1.29, 1.82) is 0 Å². The van der Waals surface area contributed by atoms with Gasteiger partial charge in [-0.25, -0.2) is 0 Å². The summed E-state index contributed by atoms with van der Waals surface area (Å²) >= 11 is 0. The average Bonchev–Trinajstić information content (AvgIpc) is 3.10. The van der Waals surface area contributed by atoms with E-state index in [1.54, 1.807) is 12.1 Å². The number of non-ortho nitro benzene ring substituents is 1. The van der Waals surface area contributed by atoms with E-state index in [0.29, 0.717) is 0 Å². The monoisotopic (exact) mass is 405 g/mol. The molecule has 1 unspecified atom stereocenters. The summed E-state index contributed by atoms with van der Waals surface area (Å²) in [7, 11) is 0. The van der Waals surface area contributed by atoms with Crippen LogP contribution < -0.4 is 4.90 Å². The van der Waals surface area contributed by atoms with Crippen LogP contribution in [0.25, 0.3) is 0 Å². The Balaban J connectivity index is 0.00000145. The number of carbonyl (C=O) groups is 1. The van der Waals surface area contributed by atoms with Crippen molar-refractivity contribution >= 4 is 17.3 Å². The molecule has 1 atom stereocenters. The van der Waals surface area contributed by atoms with Crippen molar-refractivity contribution in [3.05, 3.63) is 34.4 Å². The second kappa shape index (κ2) is 10.6. The molecule has 3 rings (SSSR count). The predicted octanol–water partition coefficient (Wildman–Crippen LogP) is 4.26. The normalized spacial score (nSPS) is 21.3. The molecule has 0 bridgehead atoms. The van der Waals surface area contributed by atoms with Crippen molar-refractivity contribution in [2.24, 2.45) is 5.41 Å². The molecule has 2 fully saturated rings. The van der Waals surface area contributed by atoms with Gasteiger partial charge in [0.15, 0.2) is 0 Å². The maximum atomic E-state index is 12.2. The van der Waals surface area contributed by atoms with Gasteiger partial charge in [-0.15, -0.1) is 0 Å². The number of hydrogen-bond donors (Lipinski definition) is 0. The van der Waals surface area contributed by atoms with E-state index in [9.17, 15) is 14.9 Å². The molecule has 1 aromatic carbocycles. The van der Waals surface area contributed by atoms with Gasteiger partial charge in [0.05, 0.1) is 10.3 Å². The van der Waals surface area contributed by atoms with Crippen LogP contribution in [0.2, 0.25) is 0 Å². The van der Waals surface area contributed by atoms with Gasteiger partial charge < -0.3 is 9.64 Å². The van der Waals surface area contributed by atoms with Crippen LogP contribution in [-0.2, 0) is 9.53 Å². The number of cyclic esters (lactones) is 1. The second-order valence-electron chi connectivity index (χ2n) is 7.61. The Morgan fingerprint density at radius 2 is 1.69 bits per heavy atom. The van der Waals surface area contributed by atoms with Gasteiger partial charge >= 0.3 is 5.97 Å². The third-order valence-corrected chi connectivity index (χ3v) is 6.24. The summed E-state index contributed by atoms with van der Waals surface area (Å²) in [6.45, 7) is 12.8. The molecule has 2 heterocycles. The maximum Gasteiger partial charge on any atom is 0.312 e. The molecule has 7 nitrogen and oxygen atoms in total. The molecule has 2 saturated heterocycles. The molecular weight excluding hydrogens is 370 g/mol. The number of anilines is 1. The first-order valence-electron chi connectivity index (χ1n) is 10.9. The summed E-state index contributed by atoms with van der Waals surface area (Å²) in [5.74, 6) is -0.0134. The molecule has 0 saturated carbocycles. The Bertz CT molecular complexity index is 665. The van der Waals surface area contributed by atoms with Crippen LogP contribution in [0.4, 0.5) is 11.4 Å². The van der Waals surface area contributed by atoms with Gasteiger partial charge in [0, 0.05) is 57.0 Å². The smallest absolute Gasteiger partial charge is 0.312 e. The average molecular weight is 406 g/mol. The van der Waals surface area contributed by atoms with E-state index in [0.717, 1.165) is 64.1 Å². The first kappa shape index (κ1) is 23.1. The third-order valence-electron chi connectivity index (χ3n) is 6.24. The fraction of sp³-hybridized carbons (Fsp3) is 0.682. The van der Waals surface area contributed by atoms with E-state index in [4.69, 9.17) is 4.74 Å². The molecule has 7 heteroatoms. The number of nitro groups is 1. The highest BCUT2D eigenvalue weighted by molar-refractivity contribution is 5.78. The summed E-state index contributed by atoms with van der Waals surface area (Å²) in [5, 5.41) is 10.8. The van der Waals surface area contributed by atoms with Gasteiger partial charge in [0.1, 0.15) is 6.10 Å². The maximum absolute atomic E-state index is 12.2. The Kier molecular flexibility index (Phi) is 8.44. The van der Waals surface area contributed by atoms with E-state index >= 15 is 0 Å². The van der Waals surface area contributed by atoms with E-state index in [2.05, 4.69) is 23.6 Å². The molecule has 0 aromatic heterocycles. The Morgan fingerprint density at radius 3 is 2.17 bits per heavy atom. The highest BCUT2D eigenvalue weighted by atomic mass is 16.6. The Morgan fingerprint density at radius 1 is 1.10 bits per heavy atom. The van der Waals surface area contributed by atoms with Crippen molar-refractivity contribution < 1.29 is 14.5 Å². The van der Waals surface area contributed by atoms with Crippen LogP contribution in [-0.4, -0.2) is 54.6 Å². The minimum atomic E-state index is -0.372. The molecule has 0 N–H and O–H groups in total. The molecule has 1 aromatic rings. The minimum absolute atomic E-state index is 0.0134. The predicted molar refractivity (Wildman–Crippen MR) is 115 cm³/mol. The molecule has 0 spiro atoms. The van der Waals surface area contributed by atoms with Gasteiger partial charge in [-0.2, -0.15) is 0 Å². The lowest BCUT2D eigenvalue weighted by Crippen LogP contribution is -2.47. The van der Waals surface area contributed by atoms with E-state index in [1.807, 2.05) is 26.0 Å². The molecule has 29 heavy (non-hydrogen) atoms. The quantitative estimate of drug-likeness (QED) is 0.383. The number of carbonyl (C=O) groups excluding carboxylic acids is 1. The van der Waals surface area contributed by atoms with Crippen LogP contribution in [0, 0.1) is 15.5 Å². The van der Waals surface area contributed by atoms with E-state index in [-0.39, 0.29) is 28.1 Å². The van der Waals surface area contributed by atoms with Gasteiger partial charge in [-0.05, 0) is 31.4 Å². The lowest BCUT2D eigenvalue weighted by atomic mass is 9.79. The number of esters is 1. The zero-order valence-corrected chi connectivity index (χ0v) is 18.2. The minimum Gasteiger partial charge on any atom is -0.462 e. The second-order valence-corrected chi connectivity index (χ2v) is 7.61. The largest absolute Gasteiger partial charge is 0.462 e. The van der Waals surface area contributed by atoms with Gasteiger partial charge in [-0.3, -0.25) is 19.8 Å². The standard InChI is InChI=1S/C20H29N3O4.C2H6/c1-3-20(4-2)15-18(27-19(20)24)9-10-21-11-13-22(14-12-21)16-5-7-17(8-6-16)23(25)26;1-2/h5-8,18H,3-4,9-15H2,1-2H3;1-2H3. The summed E-state index contributed by atoms with van der Waals surface area (Å²) in [4.78, 5) is 27.3. The number of benzene rings is 1. The molecular formula is C22H35N3O4. The van der Waals surface area contributed by atoms with Crippen molar-refractivity contribution in [3.8, 4) is 0 Å². The lowest BCUT2D eigenvalue weighted by Gasteiger charge is -2.36. The third kappa shape index (κ3) is 5.47. The number of nitrogens with zero attached hydrogens (tertiary/aromatic N) is 3. The number of ether oxygens (including phenoxy) is 1. The van der Waals surface area contributed by atoms with Gasteiger partial charge in [-0.1, -0.05) is 27.7 Å². The van der Waals surface area contributed by atoms with Gasteiger partial charge in [0.2, 0.25) is 0 Å². The lowest BCUT2D eigenvalue weighted by molar-refractivity contribution is -0.384. The zero-order chi connectivity index (χ0) is 21.4. The molecule has 162 valence electrons. The summed E-state index contributed by atoms with van der Waals surface area (Å²) < 4.78 is 5.64. The van der Waals surface area contributed by atoms with Crippen molar-refractivity contribution in [1.82, 2.24) is 4.90 Å². The first-order valence-corrected chi connectivity index (χ1v) is 10.9. The van der Waals surface area contributed by atoms with Crippen molar-refractivity contribution in [2.45, 2.75) is 59.5 Å². The number of rotatable bonds is 7. The summed E-state index contributed by atoms with van der Waals surface area (Å²) in [5.41, 5.74) is 0.888. The molecule has 2 aliphatic heterocycles. The zero-order valence-electron chi connectivity index (χ0n) is 18.2. The summed E-state index contributed by atoms with van der Waals surface area (Å²) in [6, 6.07) is 6.76. The number of nitro benzene ring substituents is 1. The highest BCUT2D eigenvalue weighted by Gasteiger charge is 2.46. The summed E-state index contributed by atoms with van der Waals surface area (Å²) in [6.07, 6.45) is 3.50. The Labute approximate surface area is 174 Å².